The minimum absolute atomic E-state index is 0.521. The summed E-state index contributed by atoms with van der Waals surface area (Å²) in [4.78, 5) is 12.6. The first-order chi connectivity index (χ1) is 9.08. The van der Waals surface area contributed by atoms with Crippen LogP contribution in [0.5, 0.6) is 0 Å². The number of rotatable bonds is 5. The Kier molecular flexibility index (Phi) is 3.97. The lowest BCUT2D eigenvalue weighted by molar-refractivity contribution is -0.142. The number of carbonyl (C=O) groups is 1. The normalized spacial score (nSPS) is 12.6. The number of aromatic nitrogens is 2. The number of benzene rings is 1. The SMILES string of the molecule is C[C@@H](C(=O)O)N(C)Cc1cc(-c2ccccc2)n[nH]1. The van der Waals surface area contributed by atoms with Crippen LogP contribution in [0.1, 0.15) is 12.6 Å². The highest BCUT2D eigenvalue weighted by atomic mass is 16.4. The van der Waals surface area contributed by atoms with Gasteiger partial charge in [0, 0.05) is 17.8 Å². The van der Waals surface area contributed by atoms with Crippen molar-refractivity contribution in [3.05, 3.63) is 42.1 Å². The molecule has 19 heavy (non-hydrogen) atoms. The van der Waals surface area contributed by atoms with E-state index in [9.17, 15) is 4.79 Å². The number of aliphatic carboxylic acids is 1. The number of hydrogen-bond acceptors (Lipinski definition) is 3. The second-order valence-electron chi connectivity index (χ2n) is 4.57. The lowest BCUT2D eigenvalue weighted by Crippen LogP contribution is -2.35. The molecule has 2 N–H and O–H groups in total. The van der Waals surface area contributed by atoms with Crippen LogP contribution in [0.4, 0.5) is 0 Å². The molecule has 1 heterocycles. The van der Waals surface area contributed by atoms with Gasteiger partial charge < -0.3 is 5.11 Å². The Hall–Kier alpha value is -2.14. The van der Waals surface area contributed by atoms with E-state index in [1.807, 2.05) is 36.4 Å². The number of carboxylic acid groups (broad SMARTS) is 1. The van der Waals surface area contributed by atoms with Gasteiger partial charge in [-0.2, -0.15) is 5.10 Å². The standard InChI is InChI=1S/C14H17N3O2/c1-10(14(18)19)17(2)9-12-8-13(16-15-12)11-6-4-3-5-7-11/h3-8,10H,9H2,1-2H3,(H,15,16)(H,18,19)/t10-/m0/s1. The molecule has 0 fully saturated rings. The molecule has 5 nitrogen and oxygen atoms in total. The molecule has 0 aliphatic heterocycles. The van der Waals surface area contributed by atoms with E-state index < -0.39 is 12.0 Å². The maximum absolute atomic E-state index is 10.9. The fraction of sp³-hybridized carbons (Fsp3) is 0.286. The third-order valence-corrected chi connectivity index (χ3v) is 3.14. The summed E-state index contributed by atoms with van der Waals surface area (Å²) in [5.74, 6) is -0.828. The molecule has 0 spiro atoms. The molecule has 5 heteroatoms. The summed E-state index contributed by atoms with van der Waals surface area (Å²) in [5.41, 5.74) is 2.81. The molecular formula is C14H17N3O2. The first-order valence-electron chi connectivity index (χ1n) is 6.10. The number of carboxylic acids is 1. The first kappa shape index (κ1) is 13.3. The van der Waals surface area contributed by atoms with Crippen LogP contribution < -0.4 is 0 Å². The van der Waals surface area contributed by atoms with Crippen LogP contribution in [0.25, 0.3) is 11.3 Å². The molecule has 2 rings (SSSR count). The third kappa shape index (κ3) is 3.20. The lowest BCUT2D eigenvalue weighted by atomic mass is 10.1. The molecule has 0 saturated carbocycles. The van der Waals surface area contributed by atoms with Crippen LogP contribution in [0, 0.1) is 0 Å². The Morgan fingerprint density at radius 2 is 2.11 bits per heavy atom. The fourth-order valence-electron chi connectivity index (χ4n) is 1.79. The van der Waals surface area contributed by atoms with Gasteiger partial charge in [-0.3, -0.25) is 14.8 Å². The van der Waals surface area contributed by atoms with Crippen molar-refractivity contribution in [2.75, 3.05) is 7.05 Å². The third-order valence-electron chi connectivity index (χ3n) is 3.14. The highest BCUT2D eigenvalue weighted by Crippen LogP contribution is 2.17. The Morgan fingerprint density at radius 1 is 1.42 bits per heavy atom. The number of hydrogen-bond donors (Lipinski definition) is 2. The molecule has 0 aliphatic rings. The monoisotopic (exact) mass is 259 g/mol. The average Bonchev–Trinajstić information content (AvgIpc) is 2.87. The summed E-state index contributed by atoms with van der Waals surface area (Å²) >= 11 is 0. The van der Waals surface area contributed by atoms with E-state index >= 15 is 0 Å². The Morgan fingerprint density at radius 3 is 2.74 bits per heavy atom. The Balaban J connectivity index is 2.08. The van der Waals surface area contributed by atoms with E-state index in [-0.39, 0.29) is 0 Å². The highest BCUT2D eigenvalue weighted by molar-refractivity contribution is 5.72. The maximum atomic E-state index is 10.9. The number of likely N-dealkylation sites (N-methyl/N-ethyl adjacent to an activating group) is 1. The molecule has 100 valence electrons. The molecule has 2 aromatic rings. The molecule has 0 radical (unpaired) electrons. The van der Waals surface area contributed by atoms with E-state index in [2.05, 4.69) is 10.2 Å². The van der Waals surface area contributed by atoms with E-state index in [0.29, 0.717) is 6.54 Å². The second-order valence-corrected chi connectivity index (χ2v) is 4.57. The van der Waals surface area contributed by atoms with E-state index in [4.69, 9.17) is 5.11 Å². The zero-order valence-electron chi connectivity index (χ0n) is 11.0. The summed E-state index contributed by atoms with van der Waals surface area (Å²) in [6, 6.07) is 11.3. The van der Waals surface area contributed by atoms with Gasteiger partial charge in [0.15, 0.2) is 0 Å². The minimum Gasteiger partial charge on any atom is -0.480 e. The van der Waals surface area contributed by atoms with Gasteiger partial charge in [-0.1, -0.05) is 30.3 Å². The molecule has 0 bridgehead atoms. The molecule has 1 aromatic carbocycles. The van der Waals surface area contributed by atoms with Gasteiger partial charge in [-0.05, 0) is 20.0 Å². The summed E-state index contributed by atoms with van der Waals surface area (Å²) in [6.07, 6.45) is 0. The number of aromatic amines is 1. The van der Waals surface area contributed by atoms with Crippen molar-refractivity contribution < 1.29 is 9.90 Å². The van der Waals surface area contributed by atoms with Crippen LogP contribution >= 0.6 is 0 Å². The topological polar surface area (TPSA) is 69.2 Å². The smallest absolute Gasteiger partial charge is 0.320 e. The van der Waals surface area contributed by atoms with Crippen LogP contribution in [0.3, 0.4) is 0 Å². The highest BCUT2D eigenvalue weighted by Gasteiger charge is 2.17. The van der Waals surface area contributed by atoms with Gasteiger partial charge in [0.05, 0.1) is 5.69 Å². The zero-order valence-corrected chi connectivity index (χ0v) is 11.0. The molecule has 0 saturated heterocycles. The molecule has 0 unspecified atom stereocenters. The van der Waals surface area contributed by atoms with Crippen molar-refractivity contribution in [3.8, 4) is 11.3 Å². The zero-order chi connectivity index (χ0) is 13.8. The summed E-state index contributed by atoms with van der Waals surface area (Å²) in [5, 5.41) is 16.1. The number of nitrogens with zero attached hydrogens (tertiary/aromatic N) is 2. The van der Waals surface area contributed by atoms with Gasteiger partial charge >= 0.3 is 5.97 Å². The predicted molar refractivity (Wildman–Crippen MR) is 72.6 cm³/mol. The minimum atomic E-state index is -0.828. The molecule has 0 aliphatic carbocycles. The van der Waals surface area contributed by atoms with Gasteiger partial charge in [0.1, 0.15) is 6.04 Å². The Bertz CT molecular complexity index is 551. The van der Waals surface area contributed by atoms with E-state index in [1.54, 1.807) is 18.9 Å². The summed E-state index contributed by atoms with van der Waals surface area (Å²) in [6.45, 7) is 2.18. The largest absolute Gasteiger partial charge is 0.480 e. The van der Waals surface area contributed by atoms with Gasteiger partial charge in [0.25, 0.3) is 0 Å². The molecule has 1 aromatic heterocycles. The van der Waals surface area contributed by atoms with Crippen LogP contribution in [0.15, 0.2) is 36.4 Å². The first-order valence-corrected chi connectivity index (χ1v) is 6.10. The van der Waals surface area contributed by atoms with Crippen LogP contribution in [-0.2, 0) is 11.3 Å². The van der Waals surface area contributed by atoms with Crippen molar-refractivity contribution in [1.29, 1.82) is 0 Å². The number of H-pyrrole nitrogens is 1. The predicted octanol–water partition coefficient (Wildman–Crippen LogP) is 1.98. The molecular weight excluding hydrogens is 242 g/mol. The summed E-state index contributed by atoms with van der Waals surface area (Å²) < 4.78 is 0. The van der Waals surface area contributed by atoms with E-state index in [0.717, 1.165) is 17.0 Å². The number of nitrogens with one attached hydrogen (secondary N) is 1. The van der Waals surface area contributed by atoms with Crippen molar-refractivity contribution in [2.24, 2.45) is 0 Å². The molecule has 1 atom stereocenters. The van der Waals surface area contributed by atoms with E-state index in [1.165, 1.54) is 0 Å². The fourth-order valence-corrected chi connectivity index (χ4v) is 1.79. The van der Waals surface area contributed by atoms with Gasteiger partial charge in [0.2, 0.25) is 0 Å². The van der Waals surface area contributed by atoms with Crippen molar-refractivity contribution in [3.63, 3.8) is 0 Å². The quantitative estimate of drug-likeness (QED) is 0.861. The van der Waals surface area contributed by atoms with Gasteiger partial charge in [-0.15, -0.1) is 0 Å². The molecule has 0 amide bonds. The lowest BCUT2D eigenvalue weighted by Gasteiger charge is -2.19. The second kappa shape index (κ2) is 5.67. The average molecular weight is 259 g/mol. The van der Waals surface area contributed by atoms with Crippen molar-refractivity contribution in [1.82, 2.24) is 15.1 Å². The van der Waals surface area contributed by atoms with Crippen LogP contribution in [-0.4, -0.2) is 39.3 Å². The van der Waals surface area contributed by atoms with Gasteiger partial charge in [-0.25, -0.2) is 0 Å². The van der Waals surface area contributed by atoms with Crippen molar-refractivity contribution >= 4 is 5.97 Å². The maximum Gasteiger partial charge on any atom is 0.320 e. The summed E-state index contributed by atoms with van der Waals surface area (Å²) in [7, 11) is 1.78. The van der Waals surface area contributed by atoms with Crippen molar-refractivity contribution in [2.45, 2.75) is 19.5 Å². The van der Waals surface area contributed by atoms with Crippen LogP contribution in [0.2, 0.25) is 0 Å². The Labute approximate surface area is 111 Å².